The van der Waals surface area contributed by atoms with Crippen LogP contribution < -0.4 is 4.90 Å². The van der Waals surface area contributed by atoms with E-state index >= 15 is 0 Å². The van der Waals surface area contributed by atoms with E-state index in [0.29, 0.717) is 0 Å². The topological polar surface area (TPSA) is 16.4 Å². The molecule has 2 nitrogen and oxygen atoms in total. The largest absolute Gasteiger partial charge is 0.456 e. The fraction of sp³-hybridized carbons (Fsp3) is 0.0698. The van der Waals surface area contributed by atoms with Gasteiger partial charge in [0, 0.05) is 32.9 Å². The molecule has 0 saturated heterocycles. The Morgan fingerprint density at radius 3 is 2.07 bits per heavy atom. The lowest BCUT2D eigenvalue weighted by molar-refractivity contribution is 0.662. The smallest absolute Gasteiger partial charge is 0.135 e. The maximum absolute atomic E-state index is 6.25. The molecule has 214 valence electrons. The molecule has 8 aromatic rings. The zero-order chi connectivity index (χ0) is 30.1. The Hall–Kier alpha value is -5.60. The third-order valence-electron chi connectivity index (χ3n) is 9.61. The van der Waals surface area contributed by atoms with Gasteiger partial charge in [0.1, 0.15) is 11.2 Å². The number of nitrogens with zero attached hydrogens (tertiary/aromatic N) is 1. The SMILES string of the molecule is CC1(C)c2ccccc2-c2cc(N(c3ccc4oc5ccccc5c4c3)c3cccc4ccccc34)cc(-c3ccccc3)c21. The first-order valence-electron chi connectivity index (χ1n) is 15.6. The summed E-state index contributed by atoms with van der Waals surface area (Å²) in [5.74, 6) is 0. The number of para-hydroxylation sites is 1. The second kappa shape index (κ2) is 9.70. The number of fused-ring (bicyclic) bond motifs is 7. The van der Waals surface area contributed by atoms with E-state index in [1.165, 1.54) is 44.2 Å². The van der Waals surface area contributed by atoms with Crippen molar-refractivity contribution in [2.24, 2.45) is 0 Å². The van der Waals surface area contributed by atoms with Gasteiger partial charge in [-0.2, -0.15) is 0 Å². The Bertz CT molecular complexity index is 2410. The van der Waals surface area contributed by atoms with Gasteiger partial charge in [-0.15, -0.1) is 0 Å². The molecule has 0 N–H and O–H groups in total. The standard InChI is InChI=1S/C43H31NO/c1-43(2)38-20-10-8-18-33(38)37-27-31(26-35(42(37)43)29-13-4-3-5-14-29)44(39-21-12-16-28-15-6-7-17-32(28)39)30-23-24-41-36(25-30)34-19-9-11-22-40(34)45-41/h3-27H,1-2H3. The molecule has 0 radical (unpaired) electrons. The summed E-state index contributed by atoms with van der Waals surface area (Å²) in [4.78, 5) is 2.43. The first kappa shape index (κ1) is 25.9. The summed E-state index contributed by atoms with van der Waals surface area (Å²) in [6, 6.07) is 54.8. The summed E-state index contributed by atoms with van der Waals surface area (Å²) in [6.45, 7) is 4.73. The highest BCUT2D eigenvalue weighted by molar-refractivity contribution is 6.08. The van der Waals surface area contributed by atoms with Crippen molar-refractivity contribution in [3.8, 4) is 22.3 Å². The predicted molar refractivity (Wildman–Crippen MR) is 189 cm³/mol. The van der Waals surface area contributed by atoms with E-state index in [2.05, 4.69) is 158 Å². The van der Waals surface area contributed by atoms with Crippen molar-refractivity contribution in [2.45, 2.75) is 19.3 Å². The van der Waals surface area contributed by atoms with Crippen LogP contribution in [-0.2, 0) is 5.41 Å². The van der Waals surface area contributed by atoms with Crippen LogP contribution in [0.2, 0.25) is 0 Å². The minimum Gasteiger partial charge on any atom is -0.456 e. The van der Waals surface area contributed by atoms with Crippen LogP contribution in [-0.4, -0.2) is 0 Å². The van der Waals surface area contributed by atoms with Crippen molar-refractivity contribution in [1.82, 2.24) is 0 Å². The minimum atomic E-state index is -0.130. The van der Waals surface area contributed by atoms with Crippen LogP contribution in [0.4, 0.5) is 17.1 Å². The highest BCUT2D eigenvalue weighted by Gasteiger charge is 2.38. The van der Waals surface area contributed by atoms with Crippen molar-refractivity contribution in [1.29, 1.82) is 0 Å². The van der Waals surface area contributed by atoms with E-state index in [1.807, 2.05) is 12.1 Å². The first-order chi connectivity index (χ1) is 22.1. The van der Waals surface area contributed by atoms with Crippen molar-refractivity contribution in [3.63, 3.8) is 0 Å². The number of furan rings is 1. The highest BCUT2D eigenvalue weighted by Crippen LogP contribution is 2.54. The summed E-state index contributed by atoms with van der Waals surface area (Å²) in [5.41, 5.74) is 12.9. The third kappa shape index (κ3) is 3.89. The Kier molecular flexibility index (Phi) is 5.58. The van der Waals surface area contributed by atoms with E-state index in [9.17, 15) is 0 Å². The molecule has 1 aliphatic carbocycles. The fourth-order valence-corrected chi connectivity index (χ4v) is 7.57. The van der Waals surface area contributed by atoms with E-state index in [-0.39, 0.29) is 5.41 Å². The van der Waals surface area contributed by atoms with Crippen molar-refractivity contribution >= 4 is 49.8 Å². The molecule has 1 aromatic heterocycles. The normalized spacial score (nSPS) is 13.3. The molecule has 0 fully saturated rings. The molecule has 0 bridgehead atoms. The molecule has 9 rings (SSSR count). The lowest BCUT2D eigenvalue weighted by Gasteiger charge is -2.30. The molecule has 1 aliphatic rings. The predicted octanol–water partition coefficient (Wildman–Crippen LogP) is 12.2. The summed E-state index contributed by atoms with van der Waals surface area (Å²) >= 11 is 0. The van der Waals surface area contributed by atoms with Crippen LogP contribution in [0.3, 0.4) is 0 Å². The average molecular weight is 578 g/mol. The molecule has 0 spiro atoms. The van der Waals surface area contributed by atoms with Crippen molar-refractivity contribution in [3.05, 3.63) is 163 Å². The van der Waals surface area contributed by atoms with Gasteiger partial charge in [-0.05, 0) is 81.2 Å². The molecule has 0 unspecified atom stereocenters. The quantitative estimate of drug-likeness (QED) is 0.207. The molecular formula is C43H31NO. The molecule has 2 heteroatoms. The van der Waals surface area contributed by atoms with Gasteiger partial charge in [-0.25, -0.2) is 0 Å². The molecule has 7 aromatic carbocycles. The van der Waals surface area contributed by atoms with E-state index < -0.39 is 0 Å². The van der Waals surface area contributed by atoms with Crippen LogP contribution >= 0.6 is 0 Å². The Labute approximate surface area is 262 Å². The number of anilines is 3. The molecule has 0 amide bonds. The van der Waals surface area contributed by atoms with Crippen LogP contribution in [0, 0.1) is 0 Å². The van der Waals surface area contributed by atoms with Gasteiger partial charge in [0.15, 0.2) is 0 Å². The van der Waals surface area contributed by atoms with E-state index in [4.69, 9.17) is 4.42 Å². The monoisotopic (exact) mass is 577 g/mol. The van der Waals surface area contributed by atoms with Crippen LogP contribution in [0.1, 0.15) is 25.0 Å². The van der Waals surface area contributed by atoms with Gasteiger partial charge >= 0.3 is 0 Å². The number of hydrogen-bond acceptors (Lipinski definition) is 2. The van der Waals surface area contributed by atoms with Gasteiger partial charge in [-0.1, -0.05) is 123 Å². The van der Waals surface area contributed by atoms with E-state index in [1.54, 1.807) is 0 Å². The second-order valence-corrected chi connectivity index (χ2v) is 12.6. The summed E-state index contributed by atoms with van der Waals surface area (Å²) < 4.78 is 6.25. The molecular weight excluding hydrogens is 546 g/mol. The number of hydrogen-bond donors (Lipinski definition) is 0. The van der Waals surface area contributed by atoms with Crippen LogP contribution in [0.5, 0.6) is 0 Å². The fourth-order valence-electron chi connectivity index (χ4n) is 7.57. The number of benzene rings is 7. The molecule has 0 atom stereocenters. The van der Waals surface area contributed by atoms with Gasteiger partial charge < -0.3 is 9.32 Å². The van der Waals surface area contributed by atoms with Gasteiger partial charge in [0.25, 0.3) is 0 Å². The molecule has 0 saturated carbocycles. The van der Waals surface area contributed by atoms with Gasteiger partial charge in [0.05, 0.1) is 5.69 Å². The van der Waals surface area contributed by atoms with E-state index in [0.717, 1.165) is 39.0 Å². The van der Waals surface area contributed by atoms with Crippen LogP contribution in [0.25, 0.3) is 55.0 Å². The Morgan fingerprint density at radius 1 is 0.489 bits per heavy atom. The third-order valence-corrected chi connectivity index (χ3v) is 9.61. The lowest BCUT2D eigenvalue weighted by atomic mass is 9.78. The highest BCUT2D eigenvalue weighted by atomic mass is 16.3. The lowest BCUT2D eigenvalue weighted by Crippen LogP contribution is -2.17. The zero-order valence-corrected chi connectivity index (χ0v) is 25.3. The second-order valence-electron chi connectivity index (χ2n) is 12.6. The van der Waals surface area contributed by atoms with Crippen molar-refractivity contribution < 1.29 is 4.42 Å². The summed E-state index contributed by atoms with van der Waals surface area (Å²) in [5, 5.41) is 4.66. The first-order valence-corrected chi connectivity index (χ1v) is 15.6. The Balaban J connectivity index is 1.38. The maximum Gasteiger partial charge on any atom is 0.135 e. The molecule has 45 heavy (non-hydrogen) atoms. The number of rotatable bonds is 4. The van der Waals surface area contributed by atoms with Crippen molar-refractivity contribution in [2.75, 3.05) is 4.90 Å². The zero-order valence-electron chi connectivity index (χ0n) is 25.3. The molecule has 0 aliphatic heterocycles. The van der Waals surface area contributed by atoms with Gasteiger partial charge in [0.2, 0.25) is 0 Å². The minimum absolute atomic E-state index is 0.130. The summed E-state index contributed by atoms with van der Waals surface area (Å²) in [6.07, 6.45) is 0. The summed E-state index contributed by atoms with van der Waals surface area (Å²) in [7, 11) is 0. The van der Waals surface area contributed by atoms with Gasteiger partial charge in [-0.3, -0.25) is 0 Å². The maximum atomic E-state index is 6.25. The molecule has 1 heterocycles. The Morgan fingerprint density at radius 2 is 1.18 bits per heavy atom. The van der Waals surface area contributed by atoms with Crippen LogP contribution in [0.15, 0.2) is 156 Å². The average Bonchev–Trinajstić information content (AvgIpc) is 3.57.